The molecule has 1 aromatic rings. The van der Waals surface area contributed by atoms with Crippen LogP contribution in [-0.2, 0) is 0 Å². The number of allylic oxidation sites excluding steroid dienone is 3. The van der Waals surface area contributed by atoms with Gasteiger partial charge < -0.3 is 10.6 Å². The van der Waals surface area contributed by atoms with Crippen molar-refractivity contribution in [2.75, 3.05) is 12.4 Å². The summed E-state index contributed by atoms with van der Waals surface area (Å²) >= 11 is 0. The molecule has 0 radical (unpaired) electrons. The number of anilines is 1. The number of hydrogen-bond acceptors (Lipinski definition) is 2. The Balaban J connectivity index is 2.35. The predicted octanol–water partition coefficient (Wildman–Crippen LogP) is 2.90. The van der Waals surface area contributed by atoms with E-state index in [1.165, 1.54) is 0 Å². The van der Waals surface area contributed by atoms with Crippen LogP contribution in [0.15, 0.2) is 67.0 Å². The second kappa shape index (κ2) is 6.49. The number of para-hydroxylation sites is 1. The Morgan fingerprint density at radius 1 is 1.20 bits per heavy atom. The molecule has 1 aromatic carbocycles. The highest BCUT2D eigenvalue weighted by Gasteiger charge is 1.81. The van der Waals surface area contributed by atoms with E-state index < -0.39 is 0 Å². The molecule has 0 spiro atoms. The summed E-state index contributed by atoms with van der Waals surface area (Å²) in [6.07, 6.45) is 7.64. The molecule has 0 bridgehead atoms. The van der Waals surface area contributed by atoms with Crippen molar-refractivity contribution in [2.45, 2.75) is 0 Å². The lowest BCUT2D eigenvalue weighted by Crippen LogP contribution is -2.00. The molecular weight excluding hydrogens is 184 g/mol. The van der Waals surface area contributed by atoms with Crippen molar-refractivity contribution >= 4 is 5.69 Å². The molecule has 0 aliphatic heterocycles. The van der Waals surface area contributed by atoms with Crippen LogP contribution >= 0.6 is 0 Å². The van der Waals surface area contributed by atoms with Crippen LogP contribution in [0.1, 0.15) is 0 Å². The first kappa shape index (κ1) is 11.1. The minimum absolute atomic E-state index is 0.888. The average Bonchev–Trinajstić information content (AvgIpc) is 2.29. The Kier molecular flexibility index (Phi) is 4.81. The van der Waals surface area contributed by atoms with Crippen molar-refractivity contribution in [3.05, 3.63) is 67.0 Å². The van der Waals surface area contributed by atoms with E-state index in [-0.39, 0.29) is 0 Å². The number of rotatable bonds is 5. The third-order valence-electron chi connectivity index (χ3n) is 1.85. The second-order valence-corrected chi connectivity index (χ2v) is 3.00. The zero-order chi connectivity index (χ0) is 10.9. The maximum absolute atomic E-state index is 3.78. The zero-order valence-electron chi connectivity index (χ0n) is 8.90. The maximum Gasteiger partial charge on any atom is 0.0379 e. The van der Waals surface area contributed by atoms with Crippen LogP contribution in [0.5, 0.6) is 0 Å². The third-order valence-corrected chi connectivity index (χ3v) is 1.85. The number of nitrogens with one attached hydrogen (secondary N) is 2. The quantitative estimate of drug-likeness (QED) is 0.714. The van der Waals surface area contributed by atoms with E-state index in [1.54, 1.807) is 0 Å². The first-order chi connectivity index (χ1) is 7.33. The molecule has 0 aliphatic rings. The van der Waals surface area contributed by atoms with Gasteiger partial charge in [-0.15, -0.1) is 0 Å². The van der Waals surface area contributed by atoms with Crippen LogP contribution in [0.25, 0.3) is 0 Å². The van der Waals surface area contributed by atoms with Gasteiger partial charge in [0.2, 0.25) is 0 Å². The van der Waals surface area contributed by atoms with Crippen molar-refractivity contribution in [2.24, 2.45) is 0 Å². The third kappa shape index (κ3) is 4.72. The van der Waals surface area contributed by atoms with E-state index in [0.717, 1.165) is 11.4 Å². The average molecular weight is 200 g/mol. The summed E-state index contributed by atoms with van der Waals surface area (Å²) in [7, 11) is 1.85. The molecular formula is C13H16N2. The molecule has 0 heterocycles. The zero-order valence-corrected chi connectivity index (χ0v) is 8.90. The summed E-state index contributed by atoms with van der Waals surface area (Å²) in [5.74, 6) is 0. The summed E-state index contributed by atoms with van der Waals surface area (Å²) < 4.78 is 0. The Morgan fingerprint density at radius 3 is 2.60 bits per heavy atom. The van der Waals surface area contributed by atoms with Gasteiger partial charge in [0, 0.05) is 24.6 Å². The molecule has 2 nitrogen and oxygen atoms in total. The van der Waals surface area contributed by atoms with E-state index in [9.17, 15) is 0 Å². The van der Waals surface area contributed by atoms with Gasteiger partial charge in [-0.1, -0.05) is 30.9 Å². The summed E-state index contributed by atoms with van der Waals surface area (Å²) in [5, 5.41) is 6.09. The largest absolute Gasteiger partial charge is 0.389 e. The number of benzene rings is 1. The van der Waals surface area contributed by atoms with Crippen LogP contribution in [0.3, 0.4) is 0 Å². The second-order valence-electron chi connectivity index (χ2n) is 3.00. The standard InChI is InChI=1S/C13H16N2/c1-12(14-2)8-6-7-11-15-13-9-4-3-5-10-13/h3-11,14-15H,1H2,2H3/b8-6-,11-7-. The molecule has 0 aliphatic carbocycles. The highest BCUT2D eigenvalue weighted by atomic mass is 14.8. The first-order valence-electron chi connectivity index (χ1n) is 4.84. The topological polar surface area (TPSA) is 24.1 Å². The van der Waals surface area contributed by atoms with Crippen LogP contribution in [0.4, 0.5) is 5.69 Å². The van der Waals surface area contributed by atoms with Crippen molar-refractivity contribution in [3.63, 3.8) is 0 Å². The summed E-state index contributed by atoms with van der Waals surface area (Å²) in [6, 6.07) is 10.0. The minimum atomic E-state index is 0.888. The molecule has 2 heteroatoms. The van der Waals surface area contributed by atoms with Crippen molar-refractivity contribution in [1.82, 2.24) is 5.32 Å². The molecule has 0 fully saturated rings. The molecule has 0 aromatic heterocycles. The molecule has 0 atom stereocenters. The molecule has 0 saturated heterocycles. The smallest absolute Gasteiger partial charge is 0.0379 e. The molecule has 1 rings (SSSR count). The molecule has 78 valence electrons. The summed E-state index contributed by atoms with van der Waals surface area (Å²) in [6.45, 7) is 3.78. The minimum Gasteiger partial charge on any atom is -0.389 e. The van der Waals surface area contributed by atoms with Crippen LogP contribution in [-0.4, -0.2) is 7.05 Å². The molecule has 0 amide bonds. The Hall–Kier alpha value is -1.96. The van der Waals surface area contributed by atoms with Crippen molar-refractivity contribution < 1.29 is 0 Å². The van der Waals surface area contributed by atoms with Gasteiger partial charge in [-0.05, 0) is 24.3 Å². The van der Waals surface area contributed by atoms with Crippen LogP contribution in [0.2, 0.25) is 0 Å². The van der Waals surface area contributed by atoms with Gasteiger partial charge in [0.25, 0.3) is 0 Å². The summed E-state index contributed by atoms with van der Waals surface area (Å²) in [5.41, 5.74) is 1.97. The normalized spacial score (nSPS) is 10.7. The van der Waals surface area contributed by atoms with Gasteiger partial charge >= 0.3 is 0 Å². The van der Waals surface area contributed by atoms with E-state index in [0.29, 0.717) is 0 Å². The van der Waals surface area contributed by atoms with Gasteiger partial charge in [-0.25, -0.2) is 0 Å². The van der Waals surface area contributed by atoms with Crippen molar-refractivity contribution in [1.29, 1.82) is 0 Å². The maximum atomic E-state index is 3.78. The van der Waals surface area contributed by atoms with Gasteiger partial charge in [-0.2, -0.15) is 0 Å². The highest BCUT2D eigenvalue weighted by Crippen LogP contribution is 2.04. The van der Waals surface area contributed by atoms with Gasteiger partial charge in [-0.3, -0.25) is 0 Å². The lowest BCUT2D eigenvalue weighted by molar-refractivity contribution is 1.04. The van der Waals surface area contributed by atoms with Gasteiger partial charge in [0.1, 0.15) is 0 Å². The molecule has 15 heavy (non-hydrogen) atoms. The van der Waals surface area contributed by atoms with Crippen LogP contribution < -0.4 is 10.6 Å². The fourth-order valence-electron chi connectivity index (χ4n) is 0.989. The number of likely N-dealkylation sites (N-methyl/N-ethyl adjacent to an activating group) is 1. The van der Waals surface area contributed by atoms with E-state index >= 15 is 0 Å². The Morgan fingerprint density at radius 2 is 1.93 bits per heavy atom. The fraction of sp³-hybridized carbons (Fsp3) is 0.0769. The lowest BCUT2D eigenvalue weighted by atomic mass is 10.3. The van der Waals surface area contributed by atoms with E-state index in [2.05, 4.69) is 17.2 Å². The predicted molar refractivity (Wildman–Crippen MR) is 66.5 cm³/mol. The highest BCUT2D eigenvalue weighted by molar-refractivity contribution is 5.45. The summed E-state index contributed by atoms with van der Waals surface area (Å²) in [4.78, 5) is 0. The first-order valence-corrected chi connectivity index (χ1v) is 4.84. The Bertz CT molecular complexity index is 350. The SMILES string of the molecule is C=C(/C=C\C=C/Nc1ccccc1)NC. The van der Waals surface area contributed by atoms with Crippen molar-refractivity contribution in [3.8, 4) is 0 Å². The van der Waals surface area contributed by atoms with Gasteiger partial charge in [0.15, 0.2) is 0 Å². The van der Waals surface area contributed by atoms with Gasteiger partial charge in [0.05, 0.1) is 0 Å². The lowest BCUT2D eigenvalue weighted by Gasteiger charge is -1.97. The van der Waals surface area contributed by atoms with Crippen LogP contribution in [0, 0.1) is 0 Å². The molecule has 0 saturated carbocycles. The molecule has 2 N–H and O–H groups in total. The fourth-order valence-corrected chi connectivity index (χ4v) is 0.989. The van der Waals surface area contributed by atoms with E-state index in [4.69, 9.17) is 0 Å². The van der Waals surface area contributed by atoms with E-state index in [1.807, 2.05) is 61.8 Å². The number of hydrogen-bond donors (Lipinski definition) is 2. The monoisotopic (exact) mass is 200 g/mol. The molecule has 0 unspecified atom stereocenters. The Labute approximate surface area is 91.0 Å².